The van der Waals surface area contributed by atoms with Gasteiger partial charge in [0.15, 0.2) is 10.3 Å². The van der Waals surface area contributed by atoms with Crippen molar-refractivity contribution in [2.75, 3.05) is 18.0 Å². The van der Waals surface area contributed by atoms with Crippen LogP contribution in [0.5, 0.6) is 0 Å². The molecule has 0 spiro atoms. The zero-order chi connectivity index (χ0) is 13.1. The summed E-state index contributed by atoms with van der Waals surface area (Å²) in [7, 11) is 0. The number of rotatable bonds is 3. The molecule has 100 valence electrons. The molecule has 1 aliphatic heterocycles. The fourth-order valence-corrected chi connectivity index (χ4v) is 2.93. The van der Waals surface area contributed by atoms with Crippen molar-refractivity contribution in [2.24, 2.45) is 11.7 Å². The van der Waals surface area contributed by atoms with E-state index in [4.69, 9.17) is 28.9 Å². The molecule has 18 heavy (non-hydrogen) atoms. The molecular formula is C12H18Cl2N4. The lowest BCUT2D eigenvalue weighted by molar-refractivity contribution is 0.335. The Morgan fingerprint density at radius 1 is 1.44 bits per heavy atom. The molecule has 1 aromatic heterocycles. The van der Waals surface area contributed by atoms with Gasteiger partial charge in [-0.1, -0.05) is 36.5 Å². The molecule has 0 bridgehead atoms. The lowest BCUT2D eigenvalue weighted by Gasteiger charge is -2.40. The molecule has 1 saturated heterocycles. The number of nitrogens with two attached hydrogens (primary N) is 1. The molecular weight excluding hydrogens is 271 g/mol. The number of aromatic nitrogens is 2. The van der Waals surface area contributed by atoms with Gasteiger partial charge in [-0.15, -0.1) is 10.2 Å². The van der Waals surface area contributed by atoms with E-state index in [1.54, 1.807) is 6.07 Å². The van der Waals surface area contributed by atoms with Gasteiger partial charge in [0.25, 0.3) is 0 Å². The molecule has 0 amide bonds. The average Bonchev–Trinajstić information content (AvgIpc) is 2.41. The Hall–Kier alpha value is -0.580. The second kappa shape index (κ2) is 6.04. The fraction of sp³-hybridized carbons (Fsp3) is 0.667. The van der Waals surface area contributed by atoms with E-state index in [0.29, 0.717) is 22.9 Å². The maximum absolute atomic E-state index is 6.11. The zero-order valence-corrected chi connectivity index (χ0v) is 12.0. The zero-order valence-electron chi connectivity index (χ0n) is 10.4. The summed E-state index contributed by atoms with van der Waals surface area (Å²) in [6.07, 6.45) is 3.46. The Bertz CT molecular complexity index is 413. The first-order valence-electron chi connectivity index (χ1n) is 6.31. The highest BCUT2D eigenvalue weighted by atomic mass is 35.5. The predicted octanol–water partition coefficient (Wildman–Crippen LogP) is 2.74. The largest absolute Gasteiger partial charge is 0.365 e. The minimum absolute atomic E-state index is 0.307. The van der Waals surface area contributed by atoms with E-state index in [0.717, 1.165) is 31.0 Å². The van der Waals surface area contributed by atoms with E-state index in [1.807, 2.05) is 0 Å². The summed E-state index contributed by atoms with van der Waals surface area (Å²) in [6.45, 7) is 3.79. The number of hydrogen-bond acceptors (Lipinski definition) is 4. The normalized spacial score (nSPS) is 24.3. The maximum Gasteiger partial charge on any atom is 0.175 e. The van der Waals surface area contributed by atoms with Gasteiger partial charge in [-0.05, 0) is 18.8 Å². The van der Waals surface area contributed by atoms with Gasteiger partial charge < -0.3 is 10.6 Å². The minimum Gasteiger partial charge on any atom is -0.365 e. The fourth-order valence-electron chi connectivity index (χ4n) is 2.59. The van der Waals surface area contributed by atoms with Crippen LogP contribution in [-0.2, 0) is 0 Å². The van der Waals surface area contributed by atoms with E-state index >= 15 is 0 Å². The van der Waals surface area contributed by atoms with Crippen molar-refractivity contribution in [3.63, 3.8) is 0 Å². The molecule has 2 rings (SSSR count). The van der Waals surface area contributed by atoms with Gasteiger partial charge in [0.1, 0.15) is 0 Å². The molecule has 0 radical (unpaired) electrons. The number of piperidine rings is 1. The average molecular weight is 289 g/mol. The third-order valence-electron chi connectivity index (χ3n) is 3.68. The highest BCUT2D eigenvalue weighted by Crippen LogP contribution is 2.33. The van der Waals surface area contributed by atoms with Crippen LogP contribution in [0.2, 0.25) is 10.3 Å². The summed E-state index contributed by atoms with van der Waals surface area (Å²) in [5, 5.41) is 8.36. The van der Waals surface area contributed by atoms with Crippen LogP contribution in [-0.4, -0.2) is 29.3 Å². The van der Waals surface area contributed by atoms with E-state index in [-0.39, 0.29) is 0 Å². The van der Waals surface area contributed by atoms with Gasteiger partial charge in [0.05, 0.1) is 5.69 Å². The molecule has 2 atom stereocenters. The first-order chi connectivity index (χ1) is 8.65. The highest BCUT2D eigenvalue weighted by molar-refractivity contribution is 6.33. The third-order valence-corrected chi connectivity index (χ3v) is 4.14. The molecule has 0 aliphatic carbocycles. The Balaban J connectivity index is 2.23. The van der Waals surface area contributed by atoms with Gasteiger partial charge in [-0.3, -0.25) is 0 Å². The van der Waals surface area contributed by atoms with Gasteiger partial charge in [-0.25, -0.2) is 0 Å². The SMILES string of the molecule is CCC1CCN(c2cc(Cl)nnc2Cl)C(CN)C1. The number of halogens is 2. The van der Waals surface area contributed by atoms with Gasteiger partial charge in [0.2, 0.25) is 0 Å². The van der Waals surface area contributed by atoms with Crippen LogP contribution >= 0.6 is 23.2 Å². The van der Waals surface area contributed by atoms with Crippen LogP contribution in [0.3, 0.4) is 0 Å². The number of anilines is 1. The van der Waals surface area contributed by atoms with Crippen LogP contribution < -0.4 is 10.6 Å². The Labute approximate surface area is 117 Å². The van der Waals surface area contributed by atoms with Crippen molar-refractivity contribution in [2.45, 2.75) is 32.2 Å². The van der Waals surface area contributed by atoms with Crippen LogP contribution in [0, 0.1) is 5.92 Å². The standard InChI is InChI=1S/C12H18Cl2N4/c1-2-8-3-4-18(9(5-8)7-15)10-6-11(13)16-17-12(10)14/h6,8-9H,2-5,7,15H2,1H3. The van der Waals surface area contributed by atoms with Crippen LogP contribution in [0.1, 0.15) is 26.2 Å². The Kier molecular flexibility index (Phi) is 4.65. The van der Waals surface area contributed by atoms with E-state index in [2.05, 4.69) is 22.0 Å². The Morgan fingerprint density at radius 3 is 2.89 bits per heavy atom. The molecule has 6 heteroatoms. The third kappa shape index (κ3) is 2.87. The molecule has 1 aromatic rings. The van der Waals surface area contributed by atoms with E-state index in [9.17, 15) is 0 Å². The second-order valence-electron chi connectivity index (χ2n) is 4.72. The van der Waals surface area contributed by atoms with Gasteiger partial charge in [0, 0.05) is 25.2 Å². The number of nitrogens with zero attached hydrogens (tertiary/aromatic N) is 3. The monoisotopic (exact) mass is 288 g/mol. The van der Waals surface area contributed by atoms with Crippen molar-refractivity contribution in [1.82, 2.24) is 10.2 Å². The quantitative estimate of drug-likeness (QED) is 0.929. The van der Waals surface area contributed by atoms with Crippen LogP contribution in [0.15, 0.2) is 6.07 Å². The molecule has 2 unspecified atom stereocenters. The van der Waals surface area contributed by atoms with Gasteiger partial charge in [-0.2, -0.15) is 0 Å². The molecule has 1 aliphatic rings. The first-order valence-corrected chi connectivity index (χ1v) is 7.06. The van der Waals surface area contributed by atoms with Crippen molar-refractivity contribution in [3.8, 4) is 0 Å². The summed E-state index contributed by atoms with van der Waals surface area (Å²) >= 11 is 12.0. The topological polar surface area (TPSA) is 55.0 Å². The summed E-state index contributed by atoms with van der Waals surface area (Å²) in [5.41, 5.74) is 6.73. The second-order valence-corrected chi connectivity index (χ2v) is 5.47. The maximum atomic E-state index is 6.11. The highest BCUT2D eigenvalue weighted by Gasteiger charge is 2.28. The predicted molar refractivity (Wildman–Crippen MR) is 75.3 cm³/mol. The van der Waals surface area contributed by atoms with Crippen molar-refractivity contribution in [3.05, 3.63) is 16.4 Å². The van der Waals surface area contributed by atoms with Crippen molar-refractivity contribution in [1.29, 1.82) is 0 Å². The first kappa shape index (κ1) is 13.8. The van der Waals surface area contributed by atoms with E-state index < -0.39 is 0 Å². The minimum atomic E-state index is 0.307. The molecule has 2 heterocycles. The van der Waals surface area contributed by atoms with Crippen molar-refractivity contribution < 1.29 is 0 Å². The smallest absolute Gasteiger partial charge is 0.175 e. The van der Waals surface area contributed by atoms with Crippen LogP contribution in [0.25, 0.3) is 0 Å². The lowest BCUT2D eigenvalue weighted by atomic mass is 9.88. The van der Waals surface area contributed by atoms with E-state index in [1.165, 1.54) is 6.42 Å². The molecule has 2 N–H and O–H groups in total. The molecule has 0 aromatic carbocycles. The van der Waals surface area contributed by atoms with Crippen molar-refractivity contribution >= 4 is 28.9 Å². The summed E-state index contributed by atoms with van der Waals surface area (Å²) in [5.74, 6) is 0.749. The lowest BCUT2D eigenvalue weighted by Crippen LogP contribution is -2.47. The Morgan fingerprint density at radius 2 is 2.22 bits per heavy atom. The van der Waals surface area contributed by atoms with Crippen LogP contribution in [0.4, 0.5) is 5.69 Å². The molecule has 0 saturated carbocycles. The summed E-state index contributed by atoms with van der Waals surface area (Å²) in [4.78, 5) is 2.22. The number of hydrogen-bond donors (Lipinski definition) is 1. The van der Waals surface area contributed by atoms with Gasteiger partial charge >= 0.3 is 0 Å². The molecule has 4 nitrogen and oxygen atoms in total. The summed E-state index contributed by atoms with van der Waals surface area (Å²) < 4.78 is 0. The molecule has 1 fully saturated rings. The summed E-state index contributed by atoms with van der Waals surface area (Å²) in [6, 6.07) is 2.08.